The van der Waals surface area contributed by atoms with Gasteiger partial charge in [0, 0.05) is 17.6 Å². The van der Waals surface area contributed by atoms with Crippen LogP contribution in [0.15, 0.2) is 23.1 Å². The number of imidazole rings is 1. The summed E-state index contributed by atoms with van der Waals surface area (Å²) >= 11 is 6.67. The first-order valence-corrected chi connectivity index (χ1v) is 7.03. The number of hydrazone groups is 1. The van der Waals surface area contributed by atoms with Crippen molar-refractivity contribution in [2.75, 3.05) is 6.54 Å². The van der Waals surface area contributed by atoms with Gasteiger partial charge in [0.1, 0.15) is 0 Å². The van der Waals surface area contributed by atoms with Crippen molar-refractivity contribution in [2.45, 2.75) is 13.8 Å². The highest BCUT2D eigenvalue weighted by molar-refractivity contribution is 7.80. The van der Waals surface area contributed by atoms with Gasteiger partial charge in [0.15, 0.2) is 10.1 Å². The molecular formula is C12H15N5S2. The van der Waals surface area contributed by atoms with Crippen LogP contribution in [0.3, 0.4) is 0 Å². The molecule has 0 radical (unpaired) electrons. The molecule has 0 aliphatic heterocycles. The zero-order valence-electron chi connectivity index (χ0n) is 10.8. The molecular weight excluding hydrogens is 278 g/mol. The van der Waals surface area contributed by atoms with E-state index in [1.165, 1.54) is 0 Å². The van der Waals surface area contributed by atoms with Crippen LogP contribution in [0.4, 0.5) is 0 Å². The van der Waals surface area contributed by atoms with Crippen LogP contribution in [0.5, 0.6) is 0 Å². The summed E-state index contributed by atoms with van der Waals surface area (Å²) in [5, 5.41) is 9.61. The van der Waals surface area contributed by atoms with Crippen molar-refractivity contribution in [1.29, 1.82) is 0 Å². The molecule has 0 saturated heterocycles. The molecule has 19 heavy (non-hydrogen) atoms. The first-order valence-electron chi connectivity index (χ1n) is 5.74. The quantitative estimate of drug-likeness (QED) is 0.392. The molecule has 2 aromatic heterocycles. The summed E-state index contributed by atoms with van der Waals surface area (Å²) in [6.07, 6.45) is 3.47. The van der Waals surface area contributed by atoms with Gasteiger partial charge in [-0.05, 0) is 26.1 Å². The predicted octanol–water partition coefficient (Wildman–Crippen LogP) is 2.00. The van der Waals surface area contributed by atoms with Gasteiger partial charge in [-0.15, -0.1) is 17.9 Å². The van der Waals surface area contributed by atoms with E-state index in [4.69, 9.17) is 12.2 Å². The van der Waals surface area contributed by atoms with Gasteiger partial charge in [-0.3, -0.25) is 9.83 Å². The highest BCUT2D eigenvalue weighted by Gasteiger charge is 2.09. The lowest BCUT2D eigenvalue weighted by atomic mass is 10.3. The molecule has 0 fully saturated rings. The summed E-state index contributed by atoms with van der Waals surface area (Å²) in [7, 11) is 0. The monoisotopic (exact) mass is 293 g/mol. The van der Waals surface area contributed by atoms with Crippen LogP contribution in [0.1, 0.15) is 17.1 Å². The molecule has 2 rings (SSSR count). The normalized spacial score (nSPS) is 11.1. The SMILES string of the molecule is C=CCNC(=S)N/N=C\c1c(C)nc2scc(C)n12. The number of nitrogens with zero attached hydrogens (tertiary/aromatic N) is 3. The second-order valence-corrected chi connectivity index (χ2v) is 5.19. The number of fused-ring (bicyclic) bond motifs is 1. The number of aryl methyl sites for hydroxylation is 2. The minimum absolute atomic E-state index is 0.469. The molecule has 0 saturated carbocycles. The van der Waals surface area contributed by atoms with Crippen LogP contribution >= 0.6 is 23.6 Å². The van der Waals surface area contributed by atoms with Crippen molar-refractivity contribution >= 4 is 39.8 Å². The van der Waals surface area contributed by atoms with E-state index in [9.17, 15) is 0 Å². The minimum Gasteiger partial charge on any atom is -0.358 e. The van der Waals surface area contributed by atoms with Crippen molar-refractivity contribution in [3.05, 3.63) is 35.1 Å². The van der Waals surface area contributed by atoms with Crippen molar-refractivity contribution in [3.63, 3.8) is 0 Å². The second kappa shape index (κ2) is 5.94. The summed E-state index contributed by atoms with van der Waals surface area (Å²) in [5.74, 6) is 0. The molecule has 100 valence electrons. The lowest BCUT2D eigenvalue weighted by Gasteiger charge is -2.03. The third-order valence-corrected chi connectivity index (χ3v) is 3.69. The molecule has 0 bridgehead atoms. The number of hydrogen-bond acceptors (Lipinski definition) is 4. The number of nitrogens with one attached hydrogen (secondary N) is 2. The highest BCUT2D eigenvalue weighted by atomic mass is 32.1. The number of thiazole rings is 1. The van der Waals surface area contributed by atoms with Crippen LogP contribution in [-0.2, 0) is 0 Å². The van der Waals surface area contributed by atoms with Crippen molar-refractivity contribution < 1.29 is 0 Å². The largest absolute Gasteiger partial charge is 0.358 e. The van der Waals surface area contributed by atoms with E-state index >= 15 is 0 Å². The van der Waals surface area contributed by atoms with Crippen molar-refractivity contribution in [3.8, 4) is 0 Å². The molecule has 2 heterocycles. The Hall–Kier alpha value is -1.73. The smallest absolute Gasteiger partial charge is 0.194 e. The Morgan fingerprint density at radius 1 is 1.63 bits per heavy atom. The van der Waals surface area contributed by atoms with E-state index in [-0.39, 0.29) is 0 Å². The summed E-state index contributed by atoms with van der Waals surface area (Å²) in [6.45, 7) is 8.23. The maximum Gasteiger partial charge on any atom is 0.194 e. The van der Waals surface area contributed by atoms with E-state index in [0.717, 1.165) is 22.0 Å². The lowest BCUT2D eigenvalue weighted by molar-refractivity contribution is 0.939. The molecule has 0 amide bonds. The average molecular weight is 293 g/mol. The highest BCUT2D eigenvalue weighted by Crippen LogP contribution is 2.18. The maximum atomic E-state index is 5.05. The van der Waals surface area contributed by atoms with E-state index in [1.54, 1.807) is 23.6 Å². The first kappa shape index (κ1) is 13.7. The number of rotatable bonds is 4. The van der Waals surface area contributed by atoms with Crippen molar-refractivity contribution in [2.24, 2.45) is 5.10 Å². The molecule has 5 nitrogen and oxygen atoms in total. The molecule has 0 aliphatic carbocycles. The van der Waals surface area contributed by atoms with Gasteiger partial charge >= 0.3 is 0 Å². The summed E-state index contributed by atoms with van der Waals surface area (Å²) < 4.78 is 2.07. The van der Waals surface area contributed by atoms with Gasteiger partial charge in [-0.2, -0.15) is 5.10 Å². The summed E-state index contributed by atoms with van der Waals surface area (Å²) in [4.78, 5) is 5.46. The third-order valence-electron chi connectivity index (χ3n) is 2.51. The zero-order chi connectivity index (χ0) is 13.8. The fraction of sp³-hybridized carbons (Fsp3) is 0.250. The zero-order valence-corrected chi connectivity index (χ0v) is 12.4. The number of hydrogen-bond donors (Lipinski definition) is 2. The van der Waals surface area contributed by atoms with Crippen LogP contribution < -0.4 is 10.7 Å². The molecule has 7 heteroatoms. The van der Waals surface area contributed by atoms with Gasteiger partial charge in [-0.1, -0.05) is 6.08 Å². The van der Waals surface area contributed by atoms with Crippen LogP contribution in [0.2, 0.25) is 0 Å². The second-order valence-electron chi connectivity index (χ2n) is 3.95. The number of aromatic nitrogens is 2. The Balaban J connectivity index is 2.12. The van der Waals surface area contributed by atoms with Crippen molar-refractivity contribution in [1.82, 2.24) is 20.1 Å². The molecule has 0 unspecified atom stereocenters. The van der Waals surface area contributed by atoms with Gasteiger partial charge in [0.2, 0.25) is 0 Å². The first-order chi connectivity index (χ1) is 9.13. The maximum absolute atomic E-state index is 5.05. The van der Waals surface area contributed by atoms with E-state index in [0.29, 0.717) is 11.7 Å². The minimum atomic E-state index is 0.469. The van der Waals surface area contributed by atoms with Crippen LogP contribution in [0, 0.1) is 13.8 Å². The molecule has 2 aromatic rings. The summed E-state index contributed by atoms with van der Waals surface area (Å²) in [6, 6.07) is 0. The summed E-state index contributed by atoms with van der Waals surface area (Å²) in [5.41, 5.74) is 5.83. The van der Waals surface area contributed by atoms with Crippen LogP contribution in [-0.4, -0.2) is 27.3 Å². The fourth-order valence-corrected chi connectivity index (χ4v) is 2.69. The van der Waals surface area contributed by atoms with E-state index < -0.39 is 0 Å². The Bertz CT molecular complexity index is 638. The number of thiocarbonyl (C=S) groups is 1. The van der Waals surface area contributed by atoms with E-state index in [1.807, 2.05) is 13.8 Å². The Kier molecular flexibility index (Phi) is 4.28. The van der Waals surface area contributed by atoms with Gasteiger partial charge in [0.05, 0.1) is 17.6 Å². The molecule has 0 aromatic carbocycles. The lowest BCUT2D eigenvalue weighted by Crippen LogP contribution is -2.31. The molecule has 0 atom stereocenters. The third kappa shape index (κ3) is 2.99. The van der Waals surface area contributed by atoms with Gasteiger partial charge < -0.3 is 5.32 Å². The standard InChI is InChI=1S/C12H15N5S2/c1-4-5-13-11(18)16-14-6-10-9(3)15-12-17(10)8(2)7-19-12/h4,6-7H,1,5H2,2-3H3,(H2,13,16,18)/b14-6-. The topological polar surface area (TPSA) is 53.7 Å². The Labute approximate surface area is 121 Å². The molecule has 0 aliphatic rings. The predicted molar refractivity (Wildman–Crippen MR) is 84.1 cm³/mol. The average Bonchev–Trinajstić information content (AvgIpc) is 2.88. The van der Waals surface area contributed by atoms with Gasteiger partial charge in [-0.25, -0.2) is 4.98 Å². The van der Waals surface area contributed by atoms with E-state index in [2.05, 4.69) is 37.2 Å². The van der Waals surface area contributed by atoms with Gasteiger partial charge in [0.25, 0.3) is 0 Å². The van der Waals surface area contributed by atoms with Crippen LogP contribution in [0.25, 0.3) is 4.96 Å². The molecule has 2 N–H and O–H groups in total. The molecule has 0 spiro atoms. The Morgan fingerprint density at radius 3 is 3.16 bits per heavy atom. The fourth-order valence-electron chi connectivity index (χ4n) is 1.63. The Morgan fingerprint density at radius 2 is 2.42 bits per heavy atom.